The molecule has 0 aliphatic rings. The summed E-state index contributed by atoms with van der Waals surface area (Å²) in [5.41, 5.74) is 1.43. The van der Waals surface area contributed by atoms with Crippen molar-refractivity contribution in [3.05, 3.63) is 35.4 Å². The third-order valence-corrected chi connectivity index (χ3v) is 2.54. The topological polar surface area (TPSA) is 66.8 Å². The van der Waals surface area contributed by atoms with E-state index in [1.807, 2.05) is 0 Å². The maximum absolute atomic E-state index is 11.0. The molecule has 0 amide bonds. The molecule has 5 heteroatoms. The number of Topliss-reactive ketones (excluding diaryl/α,β-unsaturated/α-hetero) is 1. The van der Waals surface area contributed by atoms with Crippen molar-refractivity contribution in [1.82, 2.24) is 0 Å². The summed E-state index contributed by atoms with van der Waals surface area (Å²) in [4.78, 5) is 28.3. The molecule has 0 fully saturated rings. The van der Waals surface area contributed by atoms with Gasteiger partial charge in [-0.2, -0.15) is 0 Å². The van der Waals surface area contributed by atoms with E-state index in [0.29, 0.717) is 5.56 Å². The number of rotatable bonds is 4. The Morgan fingerprint density at radius 3 is 2.27 bits per heavy atom. The van der Waals surface area contributed by atoms with E-state index in [2.05, 4.69) is 0 Å². The second-order valence-electron chi connectivity index (χ2n) is 3.18. The van der Waals surface area contributed by atoms with Gasteiger partial charge in [-0.25, -0.2) is 0 Å². The van der Waals surface area contributed by atoms with Crippen molar-refractivity contribution < 1.29 is 19.1 Å². The Kier molecular flexibility index (Phi) is 4.36. The molecule has 0 aliphatic heterocycles. The molecule has 15 heavy (non-hydrogen) atoms. The van der Waals surface area contributed by atoms with E-state index in [1.165, 1.54) is 6.92 Å². The molecule has 1 rings (SSSR count). The van der Waals surface area contributed by atoms with Crippen LogP contribution >= 0.6 is 8.60 Å². The van der Waals surface area contributed by atoms with Crippen molar-refractivity contribution in [3.63, 3.8) is 0 Å². The molecule has 2 N–H and O–H groups in total. The van der Waals surface area contributed by atoms with Crippen molar-refractivity contribution >= 4 is 14.4 Å². The summed E-state index contributed by atoms with van der Waals surface area (Å²) in [7, 11) is -2.35. The van der Waals surface area contributed by atoms with E-state index < -0.39 is 14.7 Å². The van der Waals surface area contributed by atoms with E-state index in [-0.39, 0.29) is 5.78 Å². The lowest BCUT2D eigenvalue weighted by Gasteiger charge is -2.13. The summed E-state index contributed by atoms with van der Waals surface area (Å²) in [5, 5.41) is 0. The van der Waals surface area contributed by atoms with Gasteiger partial charge >= 0.3 is 8.60 Å². The highest BCUT2D eigenvalue weighted by molar-refractivity contribution is 7.39. The van der Waals surface area contributed by atoms with E-state index in [9.17, 15) is 4.79 Å². The minimum atomic E-state index is -2.35. The zero-order valence-corrected chi connectivity index (χ0v) is 9.44. The third-order valence-electron chi connectivity index (χ3n) is 2.04. The average Bonchev–Trinajstić information content (AvgIpc) is 2.17. The molecule has 0 heterocycles. The zero-order chi connectivity index (χ0) is 11.4. The molecular weight excluding hydrogens is 215 g/mol. The zero-order valence-electron chi connectivity index (χ0n) is 8.54. The van der Waals surface area contributed by atoms with Crippen LogP contribution in [-0.2, 0) is 4.52 Å². The molecule has 4 nitrogen and oxygen atoms in total. The second-order valence-corrected chi connectivity index (χ2v) is 3.89. The summed E-state index contributed by atoms with van der Waals surface area (Å²) < 4.78 is 4.83. The molecular formula is C10H13O4P. The van der Waals surface area contributed by atoms with Crippen molar-refractivity contribution in [3.8, 4) is 0 Å². The van der Waals surface area contributed by atoms with Crippen LogP contribution in [0.15, 0.2) is 24.3 Å². The lowest BCUT2D eigenvalue weighted by atomic mass is 10.1. The predicted molar refractivity (Wildman–Crippen MR) is 57.3 cm³/mol. The maximum atomic E-state index is 11.0. The molecule has 1 unspecified atom stereocenters. The summed E-state index contributed by atoms with van der Waals surface area (Å²) in [6.45, 7) is 3.21. The van der Waals surface area contributed by atoms with Crippen LogP contribution in [0.1, 0.15) is 35.9 Å². The summed E-state index contributed by atoms with van der Waals surface area (Å²) in [6, 6.07) is 6.85. The average molecular weight is 228 g/mol. The van der Waals surface area contributed by atoms with E-state index in [0.717, 1.165) is 5.56 Å². The minimum absolute atomic E-state index is 0.00156. The summed E-state index contributed by atoms with van der Waals surface area (Å²) in [6.07, 6.45) is -0.396. The van der Waals surface area contributed by atoms with Crippen molar-refractivity contribution in [2.45, 2.75) is 20.0 Å². The standard InChI is InChI=1S/C10H13O4P/c1-7(11)9-3-5-10(6-4-9)8(2)14-15(12)13/h3-6,8,12-13H,1-2H3. The van der Waals surface area contributed by atoms with Gasteiger partial charge in [0.2, 0.25) is 0 Å². The molecule has 1 aromatic rings. The van der Waals surface area contributed by atoms with E-state index >= 15 is 0 Å². The molecule has 0 saturated heterocycles. The Labute approximate surface area is 89.5 Å². The lowest BCUT2D eigenvalue weighted by molar-refractivity contribution is 0.101. The van der Waals surface area contributed by atoms with Crippen LogP contribution in [0.3, 0.4) is 0 Å². The van der Waals surface area contributed by atoms with Crippen LogP contribution in [0, 0.1) is 0 Å². The van der Waals surface area contributed by atoms with Gasteiger partial charge in [-0.15, -0.1) is 0 Å². The smallest absolute Gasteiger partial charge is 0.327 e. The van der Waals surface area contributed by atoms with Gasteiger partial charge in [0, 0.05) is 5.56 Å². The highest BCUT2D eigenvalue weighted by atomic mass is 31.2. The number of carbonyl (C=O) groups is 1. The Balaban J connectivity index is 2.75. The number of hydrogen-bond donors (Lipinski definition) is 2. The molecule has 0 aliphatic carbocycles. The van der Waals surface area contributed by atoms with Crippen molar-refractivity contribution in [2.75, 3.05) is 0 Å². The number of benzene rings is 1. The first-order chi connectivity index (χ1) is 7.00. The first-order valence-corrected chi connectivity index (χ1v) is 5.62. The van der Waals surface area contributed by atoms with Crippen molar-refractivity contribution in [1.29, 1.82) is 0 Å². The van der Waals surface area contributed by atoms with Gasteiger partial charge in [0.05, 0.1) is 6.10 Å². The fraction of sp³-hybridized carbons (Fsp3) is 0.300. The Hall–Kier alpha value is -0.800. The molecule has 82 valence electrons. The molecule has 1 aromatic carbocycles. The van der Waals surface area contributed by atoms with Crippen LogP contribution in [-0.4, -0.2) is 15.6 Å². The molecule has 0 spiro atoms. The molecule has 0 bridgehead atoms. The molecule has 0 saturated carbocycles. The predicted octanol–water partition coefficient (Wildman–Crippen LogP) is 2.18. The Morgan fingerprint density at radius 1 is 1.33 bits per heavy atom. The minimum Gasteiger partial charge on any atom is -0.328 e. The van der Waals surface area contributed by atoms with Gasteiger partial charge in [-0.3, -0.25) is 4.79 Å². The van der Waals surface area contributed by atoms with E-state index in [4.69, 9.17) is 14.3 Å². The summed E-state index contributed by atoms with van der Waals surface area (Å²) in [5.74, 6) is 0.00156. The third kappa shape index (κ3) is 3.68. The lowest BCUT2D eigenvalue weighted by Crippen LogP contribution is -1.98. The van der Waals surface area contributed by atoms with E-state index in [1.54, 1.807) is 31.2 Å². The van der Waals surface area contributed by atoms with Gasteiger partial charge in [-0.1, -0.05) is 24.3 Å². The van der Waals surface area contributed by atoms with Gasteiger partial charge in [0.25, 0.3) is 0 Å². The fourth-order valence-corrected chi connectivity index (χ4v) is 1.60. The van der Waals surface area contributed by atoms with Gasteiger partial charge < -0.3 is 14.3 Å². The SMILES string of the molecule is CC(=O)c1ccc(C(C)OP(O)O)cc1. The van der Waals surface area contributed by atoms with Gasteiger partial charge in [-0.05, 0) is 19.4 Å². The van der Waals surface area contributed by atoms with Gasteiger partial charge in [0.1, 0.15) is 0 Å². The highest BCUT2D eigenvalue weighted by Gasteiger charge is 2.11. The van der Waals surface area contributed by atoms with Crippen LogP contribution in [0.5, 0.6) is 0 Å². The van der Waals surface area contributed by atoms with Crippen LogP contribution in [0.25, 0.3) is 0 Å². The van der Waals surface area contributed by atoms with Crippen molar-refractivity contribution in [2.24, 2.45) is 0 Å². The number of ketones is 1. The monoisotopic (exact) mass is 228 g/mol. The van der Waals surface area contributed by atoms with Crippen LogP contribution < -0.4 is 0 Å². The number of carbonyl (C=O) groups excluding carboxylic acids is 1. The largest absolute Gasteiger partial charge is 0.328 e. The maximum Gasteiger partial charge on any atom is 0.327 e. The first-order valence-electron chi connectivity index (χ1n) is 4.46. The molecule has 0 radical (unpaired) electrons. The Bertz CT molecular complexity index is 334. The second kappa shape index (κ2) is 5.33. The molecule has 1 atom stereocenters. The Morgan fingerprint density at radius 2 is 1.87 bits per heavy atom. The summed E-state index contributed by atoms with van der Waals surface area (Å²) >= 11 is 0. The first kappa shape index (κ1) is 12.3. The van der Waals surface area contributed by atoms with Crippen LogP contribution in [0.4, 0.5) is 0 Å². The normalized spacial score (nSPS) is 12.9. The number of hydrogen-bond acceptors (Lipinski definition) is 4. The quantitative estimate of drug-likeness (QED) is 0.612. The fourth-order valence-electron chi connectivity index (χ4n) is 1.19. The molecule has 0 aromatic heterocycles. The van der Waals surface area contributed by atoms with Gasteiger partial charge in [0.15, 0.2) is 5.78 Å². The van der Waals surface area contributed by atoms with Crippen LogP contribution in [0.2, 0.25) is 0 Å². The highest BCUT2D eigenvalue weighted by Crippen LogP contribution is 2.33.